The summed E-state index contributed by atoms with van der Waals surface area (Å²) in [6, 6.07) is 47.9. The Hall–Kier alpha value is -6.10. The first kappa shape index (κ1) is 24.7. The molecule has 0 N–H and O–H groups in total. The highest BCUT2D eigenvalue weighted by Crippen LogP contribution is 2.38. The molecule has 0 aliphatic heterocycles. The molecule has 0 amide bonds. The van der Waals surface area contributed by atoms with Crippen LogP contribution in [0.3, 0.4) is 0 Å². The second-order valence-corrected chi connectivity index (χ2v) is 10.8. The van der Waals surface area contributed by atoms with Gasteiger partial charge in [-0.15, -0.1) is 0 Å². The maximum atomic E-state index is 9.51. The van der Waals surface area contributed by atoms with Crippen molar-refractivity contribution in [1.82, 2.24) is 4.57 Å². The predicted molar refractivity (Wildman–Crippen MR) is 172 cm³/mol. The van der Waals surface area contributed by atoms with Crippen LogP contribution in [-0.2, 0) is 6.42 Å². The molecule has 4 nitrogen and oxygen atoms in total. The lowest BCUT2D eigenvalue weighted by Crippen LogP contribution is -2.01. The van der Waals surface area contributed by atoms with E-state index in [1.54, 1.807) is 6.07 Å². The highest BCUT2D eigenvalue weighted by Gasteiger charge is 2.16. The topological polar surface area (TPSA) is 65.7 Å². The van der Waals surface area contributed by atoms with E-state index < -0.39 is 0 Å². The van der Waals surface area contributed by atoms with Gasteiger partial charge in [-0.3, -0.25) is 0 Å². The number of fused-ring (bicyclic) bond motifs is 6. The van der Waals surface area contributed by atoms with Gasteiger partial charge in [0.2, 0.25) is 0 Å². The van der Waals surface area contributed by atoms with Crippen LogP contribution in [0.4, 0.5) is 0 Å². The van der Waals surface area contributed by atoms with Crippen LogP contribution in [-0.4, -0.2) is 4.57 Å². The Morgan fingerprint density at radius 2 is 1.16 bits per heavy atom. The van der Waals surface area contributed by atoms with Crippen molar-refractivity contribution in [3.05, 3.63) is 150 Å². The van der Waals surface area contributed by atoms with E-state index in [9.17, 15) is 10.5 Å². The number of aromatic nitrogens is 1. The van der Waals surface area contributed by atoms with Gasteiger partial charge in [-0.1, -0.05) is 66.7 Å². The van der Waals surface area contributed by atoms with Crippen LogP contribution in [0.15, 0.2) is 132 Å². The number of para-hydroxylation sites is 3. The quantitative estimate of drug-likeness (QED) is 0.219. The monoisotopic (exact) mass is 549 g/mol. The van der Waals surface area contributed by atoms with Crippen molar-refractivity contribution < 1.29 is 4.42 Å². The van der Waals surface area contributed by atoms with Crippen LogP contribution in [0.1, 0.15) is 22.3 Å². The van der Waals surface area contributed by atoms with E-state index in [1.807, 2.05) is 36.4 Å². The lowest BCUT2D eigenvalue weighted by Gasteiger charge is -2.14. The van der Waals surface area contributed by atoms with Crippen molar-refractivity contribution in [2.75, 3.05) is 0 Å². The normalized spacial score (nSPS) is 11.3. The van der Waals surface area contributed by atoms with E-state index in [-0.39, 0.29) is 0 Å². The van der Waals surface area contributed by atoms with Crippen molar-refractivity contribution in [1.29, 1.82) is 10.5 Å². The first-order valence-corrected chi connectivity index (χ1v) is 14.2. The van der Waals surface area contributed by atoms with Gasteiger partial charge >= 0.3 is 0 Å². The predicted octanol–water partition coefficient (Wildman–Crippen LogP) is 9.68. The summed E-state index contributed by atoms with van der Waals surface area (Å²) in [7, 11) is 0. The van der Waals surface area contributed by atoms with E-state index in [0.29, 0.717) is 17.5 Å². The summed E-state index contributed by atoms with van der Waals surface area (Å²) < 4.78 is 8.40. The van der Waals surface area contributed by atoms with Crippen LogP contribution >= 0.6 is 0 Å². The molecule has 0 atom stereocenters. The summed E-state index contributed by atoms with van der Waals surface area (Å²) in [4.78, 5) is 0. The van der Waals surface area contributed by atoms with E-state index in [2.05, 4.69) is 102 Å². The molecule has 0 radical (unpaired) electrons. The molecule has 0 unspecified atom stereocenters. The van der Waals surface area contributed by atoms with Crippen molar-refractivity contribution in [3.8, 4) is 29.0 Å². The lowest BCUT2D eigenvalue weighted by molar-refractivity contribution is 0.669. The third-order valence-electron chi connectivity index (χ3n) is 8.26. The summed E-state index contributed by atoms with van der Waals surface area (Å²) in [6.07, 6.45) is 0.602. The number of nitriles is 2. The maximum Gasteiger partial charge on any atom is 0.135 e. The molecule has 0 saturated heterocycles. The van der Waals surface area contributed by atoms with E-state index in [0.717, 1.165) is 60.9 Å². The second-order valence-electron chi connectivity index (χ2n) is 10.8. The fourth-order valence-electron chi connectivity index (χ4n) is 6.34. The molecule has 6 aromatic carbocycles. The van der Waals surface area contributed by atoms with Gasteiger partial charge < -0.3 is 8.98 Å². The van der Waals surface area contributed by atoms with Crippen molar-refractivity contribution in [2.45, 2.75) is 6.42 Å². The molecule has 43 heavy (non-hydrogen) atoms. The minimum Gasteiger partial charge on any atom is -0.456 e. The number of hydrogen-bond donors (Lipinski definition) is 0. The van der Waals surface area contributed by atoms with Gasteiger partial charge in [0.1, 0.15) is 11.2 Å². The molecule has 0 spiro atoms. The molecule has 4 heteroatoms. The number of hydrogen-bond acceptors (Lipinski definition) is 3. The zero-order chi connectivity index (χ0) is 28.9. The Morgan fingerprint density at radius 1 is 0.535 bits per heavy atom. The summed E-state index contributed by atoms with van der Waals surface area (Å²) in [5.74, 6) is 0. The molecule has 2 aromatic heterocycles. The first-order chi connectivity index (χ1) is 21.2. The Balaban J connectivity index is 1.29. The van der Waals surface area contributed by atoms with Gasteiger partial charge in [0.05, 0.1) is 34.3 Å². The van der Waals surface area contributed by atoms with Crippen LogP contribution < -0.4 is 0 Å². The van der Waals surface area contributed by atoms with Crippen LogP contribution in [0, 0.1) is 22.7 Å². The summed E-state index contributed by atoms with van der Waals surface area (Å²) in [6.45, 7) is 0. The van der Waals surface area contributed by atoms with Crippen LogP contribution in [0.2, 0.25) is 0 Å². The summed E-state index contributed by atoms with van der Waals surface area (Å²) >= 11 is 0. The van der Waals surface area contributed by atoms with Gasteiger partial charge in [-0.05, 0) is 89.3 Å². The minimum atomic E-state index is 0.498. The first-order valence-electron chi connectivity index (χ1n) is 14.2. The van der Waals surface area contributed by atoms with Crippen LogP contribution in [0.5, 0.6) is 0 Å². The molecule has 8 aromatic rings. The third-order valence-corrected chi connectivity index (χ3v) is 8.26. The number of furan rings is 1. The van der Waals surface area contributed by atoms with Crippen molar-refractivity contribution >= 4 is 43.7 Å². The molecule has 0 fully saturated rings. The zero-order valence-electron chi connectivity index (χ0n) is 23.1. The molecular formula is C39H23N3O. The fraction of sp³-hybridized carbons (Fsp3) is 0.0256. The average molecular weight is 550 g/mol. The molecule has 200 valence electrons. The van der Waals surface area contributed by atoms with E-state index in [4.69, 9.17) is 4.42 Å². The van der Waals surface area contributed by atoms with Gasteiger partial charge in [-0.25, -0.2) is 0 Å². The molecule has 0 aliphatic rings. The third kappa shape index (κ3) is 4.05. The average Bonchev–Trinajstić information content (AvgIpc) is 3.60. The molecule has 0 aliphatic carbocycles. The van der Waals surface area contributed by atoms with Gasteiger partial charge in [0, 0.05) is 27.2 Å². The second kappa shape index (κ2) is 9.77. The summed E-state index contributed by atoms with van der Waals surface area (Å²) in [5.41, 5.74) is 10.5. The maximum absolute atomic E-state index is 9.51. The Bertz CT molecular complexity index is 2430. The fourth-order valence-corrected chi connectivity index (χ4v) is 6.34. The zero-order valence-corrected chi connectivity index (χ0v) is 23.1. The standard InChI is InChI=1S/C39H23N3O/c40-23-26-17-25(18-27(19-26)24-41)20-30-7-1-4-10-35(30)42-36-11-5-2-8-31(36)33-21-28(13-15-37(33)42)29-14-16-39-34(22-29)32-9-3-6-12-38(32)43-39/h1-19,21-22H,20H2. The highest BCUT2D eigenvalue weighted by atomic mass is 16.3. The van der Waals surface area contributed by atoms with Gasteiger partial charge in [0.15, 0.2) is 0 Å². The summed E-state index contributed by atoms with van der Waals surface area (Å²) in [5, 5.41) is 23.6. The van der Waals surface area contributed by atoms with Gasteiger partial charge in [-0.2, -0.15) is 10.5 Å². The highest BCUT2D eigenvalue weighted by molar-refractivity contribution is 6.11. The Kier molecular flexibility index (Phi) is 5.61. The molecular weight excluding hydrogens is 526 g/mol. The van der Waals surface area contributed by atoms with E-state index >= 15 is 0 Å². The molecule has 0 saturated carbocycles. The smallest absolute Gasteiger partial charge is 0.135 e. The number of rotatable bonds is 4. The van der Waals surface area contributed by atoms with E-state index in [1.165, 1.54) is 10.8 Å². The Morgan fingerprint density at radius 3 is 1.98 bits per heavy atom. The Labute approximate surface area is 247 Å². The van der Waals surface area contributed by atoms with Gasteiger partial charge in [0.25, 0.3) is 0 Å². The minimum absolute atomic E-state index is 0.498. The largest absolute Gasteiger partial charge is 0.456 e. The molecule has 8 rings (SSSR count). The molecule has 2 heterocycles. The van der Waals surface area contributed by atoms with Crippen LogP contribution in [0.25, 0.3) is 60.6 Å². The van der Waals surface area contributed by atoms with Crippen molar-refractivity contribution in [2.24, 2.45) is 0 Å². The SMILES string of the molecule is N#Cc1cc(C#N)cc(Cc2ccccc2-n2c3ccccc3c3cc(-c4ccc5oc6ccccc6c5c4)ccc32)c1. The molecule has 0 bridgehead atoms. The number of benzene rings is 6. The van der Waals surface area contributed by atoms with Crippen molar-refractivity contribution in [3.63, 3.8) is 0 Å². The lowest BCUT2D eigenvalue weighted by atomic mass is 9.99. The number of nitrogens with zero attached hydrogens (tertiary/aromatic N) is 3.